The number of benzene rings is 2. The van der Waals surface area contributed by atoms with Crippen molar-refractivity contribution in [3.05, 3.63) is 65.2 Å². The normalized spacial score (nSPS) is 13.2. The molecule has 3 nitrogen and oxygen atoms in total. The van der Waals surface area contributed by atoms with Crippen molar-refractivity contribution in [2.75, 3.05) is 0 Å². The zero-order chi connectivity index (χ0) is 16.8. The first-order valence-electron chi connectivity index (χ1n) is 8.10. The van der Waals surface area contributed by atoms with Crippen LogP contribution >= 0.6 is 0 Å². The van der Waals surface area contributed by atoms with Crippen LogP contribution in [0.15, 0.2) is 48.5 Å². The maximum absolute atomic E-state index is 12.4. The van der Waals surface area contributed by atoms with Gasteiger partial charge in [-0.25, -0.2) is 0 Å². The second-order valence-corrected chi connectivity index (χ2v) is 5.95. The van der Waals surface area contributed by atoms with Crippen molar-refractivity contribution < 1.29 is 9.53 Å². The molecule has 0 aliphatic heterocycles. The molecule has 0 radical (unpaired) electrons. The monoisotopic (exact) mass is 311 g/mol. The minimum atomic E-state index is -0.530. The van der Waals surface area contributed by atoms with Crippen LogP contribution in [-0.2, 0) is 4.79 Å². The van der Waals surface area contributed by atoms with E-state index in [4.69, 9.17) is 4.74 Å². The number of amides is 1. The van der Waals surface area contributed by atoms with E-state index in [1.54, 1.807) is 6.92 Å². The van der Waals surface area contributed by atoms with Gasteiger partial charge in [-0.15, -0.1) is 0 Å². The molecule has 0 fully saturated rings. The number of hydrogen-bond acceptors (Lipinski definition) is 2. The van der Waals surface area contributed by atoms with Crippen LogP contribution in [0.25, 0.3) is 0 Å². The summed E-state index contributed by atoms with van der Waals surface area (Å²) in [6.45, 7) is 7.92. The van der Waals surface area contributed by atoms with E-state index in [9.17, 15) is 4.79 Å². The first kappa shape index (κ1) is 17.1. The number of aryl methyl sites for hydroxylation is 2. The van der Waals surface area contributed by atoms with Gasteiger partial charge in [-0.05, 0) is 44.9 Å². The maximum Gasteiger partial charge on any atom is 0.261 e. The molecule has 0 saturated heterocycles. The molecule has 0 heterocycles. The lowest BCUT2D eigenvalue weighted by Crippen LogP contribution is -2.38. The fourth-order valence-corrected chi connectivity index (χ4v) is 2.38. The zero-order valence-corrected chi connectivity index (χ0v) is 14.3. The molecule has 2 rings (SSSR count). The van der Waals surface area contributed by atoms with Gasteiger partial charge in [0.05, 0.1) is 6.04 Å². The molecule has 122 valence electrons. The Balaban J connectivity index is 1.98. The van der Waals surface area contributed by atoms with Crippen LogP contribution in [0.3, 0.4) is 0 Å². The zero-order valence-electron chi connectivity index (χ0n) is 14.3. The Kier molecular flexibility index (Phi) is 5.80. The molecule has 0 aliphatic carbocycles. The molecule has 0 aliphatic rings. The third-order valence-corrected chi connectivity index (χ3v) is 3.91. The van der Waals surface area contributed by atoms with Crippen LogP contribution in [0.2, 0.25) is 0 Å². The van der Waals surface area contributed by atoms with Crippen molar-refractivity contribution in [3.8, 4) is 5.75 Å². The molecular formula is C20H25NO2. The van der Waals surface area contributed by atoms with E-state index in [-0.39, 0.29) is 11.9 Å². The SMILES string of the molecule is CC[C@@H](NC(=O)[C@@H](C)Oc1ccc(C)cc1)c1ccc(C)cc1. The Labute approximate surface area is 138 Å². The van der Waals surface area contributed by atoms with E-state index < -0.39 is 6.10 Å². The van der Waals surface area contributed by atoms with Gasteiger partial charge < -0.3 is 10.1 Å². The molecule has 2 aromatic carbocycles. The lowest BCUT2D eigenvalue weighted by Gasteiger charge is -2.21. The van der Waals surface area contributed by atoms with Gasteiger partial charge in [0.25, 0.3) is 5.91 Å². The largest absolute Gasteiger partial charge is 0.481 e. The second kappa shape index (κ2) is 7.82. The summed E-state index contributed by atoms with van der Waals surface area (Å²) in [5.74, 6) is 0.611. The Morgan fingerprint density at radius 2 is 1.52 bits per heavy atom. The highest BCUT2D eigenvalue weighted by Crippen LogP contribution is 2.18. The molecule has 1 amide bonds. The number of carbonyl (C=O) groups is 1. The molecule has 1 N–H and O–H groups in total. The van der Waals surface area contributed by atoms with Crippen LogP contribution in [0.1, 0.15) is 43.0 Å². The van der Waals surface area contributed by atoms with Crippen molar-refractivity contribution in [1.29, 1.82) is 0 Å². The number of ether oxygens (including phenoxy) is 1. The standard InChI is InChI=1S/C20H25NO2/c1-5-19(17-10-6-14(2)7-11-17)21-20(22)16(4)23-18-12-8-15(3)9-13-18/h6-13,16,19H,5H2,1-4H3,(H,21,22)/t16-,19-/m1/s1. The lowest BCUT2D eigenvalue weighted by atomic mass is 10.0. The Morgan fingerprint density at radius 3 is 2.04 bits per heavy atom. The fraction of sp³-hybridized carbons (Fsp3) is 0.350. The second-order valence-electron chi connectivity index (χ2n) is 5.95. The predicted octanol–water partition coefficient (Wildman–Crippen LogP) is 4.34. The lowest BCUT2D eigenvalue weighted by molar-refractivity contribution is -0.128. The van der Waals surface area contributed by atoms with Gasteiger partial charge in [0.1, 0.15) is 5.75 Å². The summed E-state index contributed by atoms with van der Waals surface area (Å²) in [6, 6.07) is 16.0. The highest BCUT2D eigenvalue weighted by atomic mass is 16.5. The molecule has 0 spiro atoms. The van der Waals surface area contributed by atoms with Gasteiger partial charge in [0.2, 0.25) is 0 Å². The van der Waals surface area contributed by atoms with Crippen LogP contribution < -0.4 is 10.1 Å². The predicted molar refractivity (Wildman–Crippen MR) is 93.6 cm³/mol. The molecule has 2 atom stereocenters. The molecule has 3 heteroatoms. The van der Waals surface area contributed by atoms with Gasteiger partial charge >= 0.3 is 0 Å². The first-order chi connectivity index (χ1) is 11.0. The molecule has 0 aromatic heterocycles. The van der Waals surface area contributed by atoms with Crippen LogP contribution in [0.5, 0.6) is 5.75 Å². The van der Waals surface area contributed by atoms with Crippen molar-refractivity contribution >= 4 is 5.91 Å². The summed E-state index contributed by atoms with van der Waals surface area (Å²) in [5.41, 5.74) is 3.50. The Morgan fingerprint density at radius 1 is 1.00 bits per heavy atom. The summed E-state index contributed by atoms with van der Waals surface area (Å²) in [6.07, 6.45) is 0.309. The van der Waals surface area contributed by atoms with E-state index >= 15 is 0 Å². The van der Waals surface area contributed by atoms with E-state index in [0.29, 0.717) is 5.75 Å². The minimum Gasteiger partial charge on any atom is -0.481 e. The van der Waals surface area contributed by atoms with E-state index in [1.165, 1.54) is 11.1 Å². The van der Waals surface area contributed by atoms with E-state index in [2.05, 4.69) is 43.4 Å². The highest BCUT2D eigenvalue weighted by Gasteiger charge is 2.19. The van der Waals surface area contributed by atoms with E-state index in [0.717, 1.165) is 12.0 Å². The van der Waals surface area contributed by atoms with Crippen LogP contribution in [-0.4, -0.2) is 12.0 Å². The average Bonchev–Trinajstić information content (AvgIpc) is 2.55. The molecule has 0 saturated carbocycles. The molecule has 2 aromatic rings. The molecule has 0 bridgehead atoms. The molecule has 23 heavy (non-hydrogen) atoms. The van der Waals surface area contributed by atoms with Crippen molar-refractivity contribution in [3.63, 3.8) is 0 Å². The maximum atomic E-state index is 12.4. The van der Waals surface area contributed by atoms with Gasteiger partial charge in [-0.3, -0.25) is 4.79 Å². The van der Waals surface area contributed by atoms with Crippen molar-refractivity contribution in [2.24, 2.45) is 0 Å². The quantitative estimate of drug-likeness (QED) is 0.862. The molecule has 0 unspecified atom stereocenters. The third-order valence-electron chi connectivity index (χ3n) is 3.91. The van der Waals surface area contributed by atoms with Crippen LogP contribution in [0.4, 0.5) is 0 Å². The average molecular weight is 311 g/mol. The minimum absolute atomic E-state index is 0.00664. The van der Waals surface area contributed by atoms with Gasteiger partial charge in [0, 0.05) is 0 Å². The Hall–Kier alpha value is -2.29. The van der Waals surface area contributed by atoms with E-state index in [1.807, 2.05) is 31.2 Å². The topological polar surface area (TPSA) is 38.3 Å². The summed E-state index contributed by atoms with van der Waals surface area (Å²) in [5, 5.41) is 3.07. The van der Waals surface area contributed by atoms with Gasteiger partial charge in [-0.2, -0.15) is 0 Å². The van der Waals surface area contributed by atoms with Crippen LogP contribution in [0, 0.1) is 13.8 Å². The van der Waals surface area contributed by atoms with Gasteiger partial charge in [0.15, 0.2) is 6.10 Å². The highest BCUT2D eigenvalue weighted by molar-refractivity contribution is 5.81. The first-order valence-corrected chi connectivity index (χ1v) is 8.10. The fourth-order valence-electron chi connectivity index (χ4n) is 2.38. The van der Waals surface area contributed by atoms with Gasteiger partial charge in [-0.1, -0.05) is 54.4 Å². The van der Waals surface area contributed by atoms with Crippen molar-refractivity contribution in [1.82, 2.24) is 5.32 Å². The summed E-state index contributed by atoms with van der Waals surface area (Å²) in [4.78, 5) is 12.4. The summed E-state index contributed by atoms with van der Waals surface area (Å²) >= 11 is 0. The third kappa shape index (κ3) is 4.85. The Bertz CT molecular complexity index is 632. The summed E-state index contributed by atoms with van der Waals surface area (Å²) < 4.78 is 5.72. The molecular weight excluding hydrogens is 286 g/mol. The van der Waals surface area contributed by atoms with Crippen molar-refractivity contribution in [2.45, 2.75) is 46.3 Å². The number of rotatable bonds is 6. The summed E-state index contributed by atoms with van der Waals surface area (Å²) in [7, 11) is 0. The smallest absolute Gasteiger partial charge is 0.261 e. The number of nitrogens with one attached hydrogen (secondary N) is 1. The number of carbonyl (C=O) groups excluding carboxylic acids is 1. The number of hydrogen-bond donors (Lipinski definition) is 1.